The van der Waals surface area contributed by atoms with Crippen LogP contribution in [0.5, 0.6) is 0 Å². The monoisotopic (exact) mass is 136 g/mol. The van der Waals surface area contributed by atoms with Gasteiger partial charge in [-0.15, -0.1) is 0 Å². The lowest BCUT2D eigenvalue weighted by Gasteiger charge is -1.90. The molecule has 50 valence electrons. The number of nitrogens with zero attached hydrogens (tertiary/aromatic N) is 1. The number of rotatable bonds is 1. The molecule has 0 atom stereocenters. The zero-order valence-electron chi connectivity index (χ0n) is 6.16. The summed E-state index contributed by atoms with van der Waals surface area (Å²) in [6, 6.07) is 4.64. The number of anilines is 1. The highest BCUT2D eigenvalue weighted by atomic mass is 16.1. The summed E-state index contributed by atoms with van der Waals surface area (Å²) in [5.74, 6) is 0. The Morgan fingerprint density at radius 2 is 2.40 bits per heavy atom. The van der Waals surface area contributed by atoms with Crippen molar-refractivity contribution in [1.29, 1.82) is 0 Å². The van der Waals surface area contributed by atoms with Crippen molar-refractivity contribution >= 4 is 17.5 Å². The van der Waals surface area contributed by atoms with E-state index in [4.69, 9.17) is 7.10 Å². The Balaban J connectivity index is 3.19. The summed E-state index contributed by atoms with van der Waals surface area (Å²) in [5.41, 5.74) is 6.14. The van der Waals surface area contributed by atoms with Crippen molar-refractivity contribution in [3.8, 4) is 0 Å². The maximum absolute atomic E-state index is 9.81. The number of aliphatic imine (C=N–C) groups is 1. The Labute approximate surface area is 59.6 Å². The molecule has 2 N–H and O–H groups in total. The minimum absolute atomic E-state index is 0.133. The second-order valence-electron chi connectivity index (χ2n) is 1.71. The molecule has 3 nitrogen and oxygen atoms in total. The molecule has 1 rings (SSSR count). The minimum atomic E-state index is 0.133. The van der Waals surface area contributed by atoms with Crippen LogP contribution >= 0.6 is 0 Å². The maximum Gasteiger partial charge on any atom is 0.240 e. The molecule has 1 aromatic rings. The number of isocyanates is 1. The second-order valence-corrected chi connectivity index (χ2v) is 1.71. The lowest BCUT2D eigenvalue weighted by Crippen LogP contribution is -1.80. The first kappa shape index (κ1) is 5.21. The smallest absolute Gasteiger partial charge is 0.240 e. The van der Waals surface area contributed by atoms with E-state index in [-0.39, 0.29) is 11.7 Å². The molecule has 0 bridgehead atoms. The number of nitrogens with two attached hydrogens (primary N) is 1. The molecule has 0 heterocycles. The van der Waals surface area contributed by atoms with Crippen LogP contribution in [-0.2, 0) is 4.79 Å². The molecule has 0 aliphatic heterocycles. The van der Waals surface area contributed by atoms with Crippen molar-refractivity contribution in [3.63, 3.8) is 0 Å². The van der Waals surface area contributed by atoms with Gasteiger partial charge in [-0.25, -0.2) is 4.79 Å². The van der Waals surface area contributed by atoms with E-state index in [9.17, 15) is 4.79 Å². The van der Waals surface area contributed by atoms with Gasteiger partial charge in [0.15, 0.2) is 0 Å². The van der Waals surface area contributed by atoms with E-state index >= 15 is 0 Å². The van der Waals surface area contributed by atoms with Gasteiger partial charge in [0.05, 0.1) is 7.06 Å². The van der Waals surface area contributed by atoms with E-state index in [1.807, 2.05) is 0 Å². The van der Waals surface area contributed by atoms with Gasteiger partial charge in [-0.1, -0.05) is 0 Å². The molecule has 0 aliphatic carbocycles. The van der Waals surface area contributed by atoms with Crippen LogP contribution in [0.25, 0.3) is 0 Å². The Morgan fingerprint density at radius 3 is 3.00 bits per heavy atom. The topological polar surface area (TPSA) is 55.4 Å². The SMILES string of the molecule is [3H]c1cc(N)ccc1N=C=O. The molecule has 0 radical (unpaired) electrons. The summed E-state index contributed by atoms with van der Waals surface area (Å²) in [4.78, 5) is 13.1. The molecule has 10 heavy (non-hydrogen) atoms. The van der Waals surface area contributed by atoms with E-state index in [0.717, 1.165) is 0 Å². The van der Waals surface area contributed by atoms with Gasteiger partial charge < -0.3 is 5.73 Å². The molecule has 0 spiro atoms. The van der Waals surface area contributed by atoms with E-state index in [2.05, 4.69) is 4.99 Å². The van der Waals surface area contributed by atoms with E-state index in [1.165, 1.54) is 18.2 Å². The molecule has 0 unspecified atom stereocenters. The van der Waals surface area contributed by atoms with Gasteiger partial charge in [0.25, 0.3) is 0 Å². The highest BCUT2D eigenvalue weighted by Gasteiger charge is 1.85. The van der Waals surface area contributed by atoms with Crippen molar-refractivity contribution < 1.29 is 6.17 Å². The molecule has 0 saturated carbocycles. The maximum atomic E-state index is 9.81. The number of hydrogen-bond donors (Lipinski definition) is 1. The Bertz CT molecular complexity index is 318. The van der Waals surface area contributed by atoms with Crippen molar-refractivity contribution in [3.05, 3.63) is 24.2 Å². The normalized spacial score (nSPS) is 9.80. The van der Waals surface area contributed by atoms with Gasteiger partial charge in [-0.2, -0.15) is 4.99 Å². The fourth-order valence-corrected chi connectivity index (χ4v) is 0.547. The Morgan fingerprint density at radius 1 is 1.60 bits per heavy atom. The van der Waals surface area contributed by atoms with Crippen LogP contribution in [0.3, 0.4) is 0 Å². The fraction of sp³-hybridized carbons (Fsp3) is 0. The predicted octanol–water partition coefficient (Wildman–Crippen LogP) is 1.24. The number of benzene rings is 1. The van der Waals surface area contributed by atoms with Gasteiger partial charge in [-0.3, -0.25) is 0 Å². The van der Waals surface area contributed by atoms with Crippen LogP contribution in [0.4, 0.5) is 11.4 Å². The zero-order chi connectivity index (χ0) is 8.27. The lowest BCUT2D eigenvalue weighted by atomic mass is 10.3. The average molecular weight is 136 g/mol. The second kappa shape index (κ2) is 2.80. The van der Waals surface area contributed by atoms with Crippen molar-refractivity contribution in [2.75, 3.05) is 5.73 Å². The summed E-state index contributed by atoms with van der Waals surface area (Å²) in [7, 11) is 0. The summed E-state index contributed by atoms with van der Waals surface area (Å²) in [6.07, 6.45) is 1.36. The molecular weight excluding hydrogens is 128 g/mol. The third-order valence-corrected chi connectivity index (χ3v) is 0.986. The Hall–Kier alpha value is -1.60. The van der Waals surface area contributed by atoms with E-state index in [1.54, 1.807) is 6.07 Å². The first-order valence-electron chi connectivity index (χ1n) is 3.18. The van der Waals surface area contributed by atoms with Gasteiger partial charge >= 0.3 is 0 Å². The first-order valence-corrected chi connectivity index (χ1v) is 2.68. The molecule has 3 heteroatoms. The molecule has 0 fully saturated rings. The molecule has 0 saturated heterocycles. The Kier molecular flexibility index (Phi) is 1.46. The highest BCUT2D eigenvalue weighted by molar-refractivity contribution is 5.52. The predicted molar refractivity (Wildman–Crippen MR) is 38.6 cm³/mol. The summed E-state index contributed by atoms with van der Waals surface area (Å²) in [6.45, 7) is 0. The van der Waals surface area contributed by atoms with E-state index < -0.39 is 0 Å². The largest absolute Gasteiger partial charge is 0.399 e. The third kappa shape index (κ3) is 1.44. The van der Waals surface area contributed by atoms with Crippen LogP contribution in [-0.4, -0.2) is 6.08 Å². The van der Waals surface area contributed by atoms with Crippen LogP contribution in [0.2, 0.25) is 0 Å². The van der Waals surface area contributed by atoms with Crippen molar-refractivity contribution in [1.82, 2.24) is 0 Å². The third-order valence-electron chi connectivity index (χ3n) is 0.986. The lowest BCUT2D eigenvalue weighted by molar-refractivity contribution is 0.565. The highest BCUT2D eigenvalue weighted by Crippen LogP contribution is 2.12. The summed E-state index contributed by atoms with van der Waals surface area (Å²) in [5, 5.41) is 0. The molecule has 0 amide bonds. The van der Waals surface area contributed by atoms with Crippen LogP contribution < -0.4 is 5.73 Å². The van der Waals surface area contributed by atoms with Crippen molar-refractivity contribution in [2.24, 2.45) is 4.99 Å². The zero-order valence-corrected chi connectivity index (χ0v) is 5.16. The van der Waals surface area contributed by atoms with Crippen LogP contribution in [0.1, 0.15) is 1.37 Å². The van der Waals surface area contributed by atoms with Gasteiger partial charge in [0.2, 0.25) is 6.08 Å². The summed E-state index contributed by atoms with van der Waals surface area (Å²) >= 11 is 0. The van der Waals surface area contributed by atoms with Gasteiger partial charge in [-0.05, 0) is 24.2 Å². The van der Waals surface area contributed by atoms with Gasteiger partial charge in [0, 0.05) is 5.69 Å². The summed E-state index contributed by atoms with van der Waals surface area (Å²) < 4.78 is 7.26. The van der Waals surface area contributed by atoms with Gasteiger partial charge in [0.1, 0.15) is 0 Å². The minimum Gasteiger partial charge on any atom is -0.399 e. The number of hydrogen-bond acceptors (Lipinski definition) is 3. The quantitative estimate of drug-likeness (QED) is 0.358. The molecule has 0 aliphatic rings. The fourth-order valence-electron chi connectivity index (χ4n) is 0.547. The van der Waals surface area contributed by atoms with Crippen molar-refractivity contribution in [2.45, 2.75) is 0 Å². The number of carbonyl (C=O) groups excluding carboxylic acids is 1. The van der Waals surface area contributed by atoms with Crippen LogP contribution in [0.15, 0.2) is 29.2 Å². The first-order chi connectivity index (χ1) is 5.24. The van der Waals surface area contributed by atoms with Crippen LogP contribution in [0, 0.1) is 0 Å². The standard InChI is InChI=1S/C7H6N2O/c8-6-1-3-7(4-2-6)9-5-10/h1-4H,8H2/i3T. The molecule has 1 aromatic carbocycles. The average Bonchev–Trinajstić information content (AvgIpc) is 1.95. The van der Waals surface area contributed by atoms with E-state index in [0.29, 0.717) is 5.69 Å². The molecular formula is C7H6N2O. The number of nitrogen functional groups attached to an aromatic ring is 1. The molecule has 0 aromatic heterocycles.